The van der Waals surface area contributed by atoms with Crippen molar-refractivity contribution in [1.29, 1.82) is 0 Å². The molecule has 0 saturated carbocycles. The van der Waals surface area contributed by atoms with Crippen LogP contribution in [0.25, 0.3) is 10.9 Å². The molecule has 18 heavy (non-hydrogen) atoms. The van der Waals surface area contributed by atoms with E-state index in [0.717, 1.165) is 20.2 Å². The van der Waals surface area contributed by atoms with Crippen LogP contribution in [0.1, 0.15) is 5.56 Å². The van der Waals surface area contributed by atoms with Crippen LogP contribution in [0, 0.1) is 6.92 Å². The summed E-state index contributed by atoms with van der Waals surface area (Å²) in [6.45, 7) is 5.45. The first-order valence-corrected chi connectivity index (χ1v) is 7.39. The fraction of sp³-hybridized carbons (Fsp3) is 0.154. The van der Waals surface area contributed by atoms with E-state index >= 15 is 0 Å². The average molecular weight is 275 g/mol. The number of aromatic nitrogens is 1. The van der Waals surface area contributed by atoms with Gasteiger partial charge in [-0.3, -0.25) is 4.98 Å². The minimum Gasteiger partial charge on any atom is -0.256 e. The molecule has 1 aromatic heterocycles. The number of thioether (sulfide) groups is 2. The molecule has 1 aromatic carbocycles. The zero-order valence-electron chi connectivity index (χ0n) is 10.3. The molecule has 0 spiro atoms. The predicted molar refractivity (Wildman–Crippen MR) is 82.8 cm³/mol. The van der Waals surface area contributed by atoms with Crippen LogP contribution in [0.15, 0.2) is 45.6 Å². The van der Waals surface area contributed by atoms with Crippen LogP contribution < -0.4 is 0 Å². The Morgan fingerprint density at radius 1 is 1.33 bits per heavy atom. The number of aryl methyl sites for hydroxylation is 1. The van der Waals surface area contributed by atoms with Gasteiger partial charge in [0.15, 0.2) is 4.38 Å². The third-order valence-corrected chi connectivity index (χ3v) is 4.40. The van der Waals surface area contributed by atoms with E-state index in [4.69, 9.17) is 0 Å². The molecule has 0 saturated heterocycles. The normalized spacial score (nSPS) is 11.8. The van der Waals surface area contributed by atoms with Gasteiger partial charge in [0.05, 0.1) is 5.52 Å². The molecule has 0 aliphatic rings. The Bertz CT molecular complexity index is 608. The van der Waals surface area contributed by atoms with E-state index in [-0.39, 0.29) is 0 Å². The lowest BCUT2D eigenvalue weighted by Gasteiger charge is -2.06. The van der Waals surface area contributed by atoms with Gasteiger partial charge in [-0.15, -0.1) is 16.9 Å². The van der Waals surface area contributed by atoms with Crippen LogP contribution in [0.4, 0.5) is 0 Å². The van der Waals surface area contributed by atoms with Gasteiger partial charge in [0, 0.05) is 23.2 Å². The molecule has 0 aliphatic carbocycles. The second kappa shape index (κ2) is 6.02. The standard InChI is InChI=1S/C13H13N3S2/c1-9-4-5-10-11(8-9)15-7-6-12(10)18-13(17-3)16-14-2/h4-8H,2H2,1,3H3/b16-13+. The van der Waals surface area contributed by atoms with E-state index in [1.807, 2.05) is 18.5 Å². The first-order valence-electron chi connectivity index (χ1n) is 5.35. The maximum Gasteiger partial charge on any atom is 0.157 e. The van der Waals surface area contributed by atoms with E-state index in [2.05, 4.69) is 47.0 Å². The summed E-state index contributed by atoms with van der Waals surface area (Å²) in [5.41, 5.74) is 2.22. The second-order valence-electron chi connectivity index (χ2n) is 3.64. The first kappa shape index (κ1) is 13.1. The third kappa shape index (κ3) is 2.91. The Kier molecular flexibility index (Phi) is 4.38. The highest BCUT2D eigenvalue weighted by Gasteiger charge is 2.06. The molecule has 0 N–H and O–H groups in total. The molecule has 3 nitrogen and oxygen atoms in total. The number of benzene rings is 1. The summed E-state index contributed by atoms with van der Waals surface area (Å²) in [5.74, 6) is 0. The zero-order valence-corrected chi connectivity index (χ0v) is 11.9. The van der Waals surface area contributed by atoms with Crippen LogP contribution in [0.2, 0.25) is 0 Å². The Morgan fingerprint density at radius 2 is 2.17 bits per heavy atom. The quantitative estimate of drug-likeness (QED) is 0.360. The van der Waals surface area contributed by atoms with E-state index in [9.17, 15) is 0 Å². The summed E-state index contributed by atoms with van der Waals surface area (Å²) >= 11 is 3.15. The highest BCUT2D eigenvalue weighted by atomic mass is 32.2. The minimum atomic E-state index is 0.873. The Balaban J connectivity index is 2.45. The largest absolute Gasteiger partial charge is 0.256 e. The van der Waals surface area contributed by atoms with Gasteiger partial charge in [-0.1, -0.05) is 23.9 Å². The van der Waals surface area contributed by atoms with Gasteiger partial charge in [0.1, 0.15) is 0 Å². The summed E-state index contributed by atoms with van der Waals surface area (Å²) in [7, 11) is 0. The van der Waals surface area contributed by atoms with Crippen molar-refractivity contribution >= 4 is 45.5 Å². The van der Waals surface area contributed by atoms with Crippen LogP contribution in [0.5, 0.6) is 0 Å². The maximum atomic E-state index is 4.39. The lowest BCUT2D eigenvalue weighted by atomic mass is 10.1. The van der Waals surface area contributed by atoms with Crippen molar-refractivity contribution in [3.05, 3.63) is 36.0 Å². The van der Waals surface area contributed by atoms with Crippen LogP contribution in [-0.2, 0) is 0 Å². The Labute approximate surface area is 115 Å². The Morgan fingerprint density at radius 3 is 2.89 bits per heavy atom. The van der Waals surface area contributed by atoms with Gasteiger partial charge < -0.3 is 0 Å². The van der Waals surface area contributed by atoms with Gasteiger partial charge in [0.25, 0.3) is 0 Å². The summed E-state index contributed by atoms with van der Waals surface area (Å²) < 4.78 is 0.873. The number of rotatable bonds is 2. The lowest BCUT2D eigenvalue weighted by Crippen LogP contribution is -1.87. The second-order valence-corrected chi connectivity index (χ2v) is 5.73. The molecule has 2 aromatic rings. The highest BCUT2D eigenvalue weighted by molar-refractivity contribution is 8.38. The third-order valence-electron chi connectivity index (χ3n) is 2.38. The van der Waals surface area contributed by atoms with Gasteiger partial charge in [0.2, 0.25) is 0 Å². The summed E-state index contributed by atoms with van der Waals surface area (Å²) in [6, 6.07) is 8.27. The van der Waals surface area contributed by atoms with E-state index in [0.29, 0.717) is 0 Å². The van der Waals surface area contributed by atoms with Crippen molar-refractivity contribution in [3.63, 3.8) is 0 Å². The summed E-state index contributed by atoms with van der Waals surface area (Å²) in [6.07, 6.45) is 3.80. The summed E-state index contributed by atoms with van der Waals surface area (Å²) in [5, 5.41) is 8.71. The molecule has 0 unspecified atom stereocenters. The van der Waals surface area contributed by atoms with Crippen LogP contribution in [-0.4, -0.2) is 22.3 Å². The van der Waals surface area contributed by atoms with Crippen molar-refractivity contribution in [2.45, 2.75) is 11.8 Å². The molecule has 5 heteroatoms. The van der Waals surface area contributed by atoms with Crippen molar-refractivity contribution in [1.82, 2.24) is 4.98 Å². The van der Waals surface area contributed by atoms with E-state index < -0.39 is 0 Å². The van der Waals surface area contributed by atoms with E-state index in [1.165, 1.54) is 5.56 Å². The number of hydrogen-bond donors (Lipinski definition) is 0. The molecule has 0 amide bonds. The zero-order chi connectivity index (χ0) is 13.0. The molecule has 0 radical (unpaired) electrons. The van der Waals surface area contributed by atoms with Gasteiger partial charge in [-0.25, -0.2) is 0 Å². The fourth-order valence-corrected chi connectivity index (χ4v) is 3.02. The molecule has 1 heterocycles. The predicted octanol–water partition coefficient (Wildman–Crippen LogP) is 3.97. The number of hydrogen-bond acceptors (Lipinski definition) is 5. The summed E-state index contributed by atoms with van der Waals surface area (Å²) in [4.78, 5) is 5.52. The molecular weight excluding hydrogens is 262 g/mol. The molecule has 0 fully saturated rings. The lowest BCUT2D eigenvalue weighted by molar-refractivity contribution is 1.29. The average Bonchev–Trinajstić information content (AvgIpc) is 2.38. The number of pyridine rings is 1. The van der Waals surface area contributed by atoms with Gasteiger partial charge in [-0.2, -0.15) is 5.10 Å². The number of nitrogens with zero attached hydrogens (tertiary/aromatic N) is 3. The minimum absolute atomic E-state index is 0.873. The topological polar surface area (TPSA) is 37.6 Å². The first-order chi connectivity index (χ1) is 8.74. The molecule has 92 valence electrons. The van der Waals surface area contributed by atoms with Gasteiger partial charge >= 0.3 is 0 Å². The molecule has 2 rings (SSSR count). The number of fused-ring (bicyclic) bond motifs is 1. The van der Waals surface area contributed by atoms with Crippen molar-refractivity contribution in [2.24, 2.45) is 10.2 Å². The fourth-order valence-electron chi connectivity index (χ4n) is 1.58. The molecular formula is C13H13N3S2. The smallest absolute Gasteiger partial charge is 0.157 e. The molecule has 0 aliphatic heterocycles. The van der Waals surface area contributed by atoms with Crippen LogP contribution in [0.3, 0.4) is 0 Å². The monoisotopic (exact) mass is 275 g/mol. The van der Waals surface area contributed by atoms with Crippen molar-refractivity contribution in [3.8, 4) is 0 Å². The van der Waals surface area contributed by atoms with Crippen molar-refractivity contribution in [2.75, 3.05) is 6.26 Å². The maximum absolute atomic E-state index is 4.39. The highest BCUT2D eigenvalue weighted by Crippen LogP contribution is 2.30. The van der Waals surface area contributed by atoms with Gasteiger partial charge in [-0.05, 0) is 30.9 Å². The molecule has 0 atom stereocenters. The van der Waals surface area contributed by atoms with Crippen molar-refractivity contribution < 1.29 is 0 Å². The molecule has 0 bridgehead atoms. The Hall–Kier alpha value is -1.33. The van der Waals surface area contributed by atoms with E-state index in [1.54, 1.807) is 23.5 Å². The SMILES string of the molecule is C=N/N=C(\SC)Sc1ccnc2cc(C)ccc12. The van der Waals surface area contributed by atoms with Crippen LogP contribution >= 0.6 is 23.5 Å².